The number of ether oxygens (including phenoxy) is 2. The zero-order valence-electron chi connectivity index (χ0n) is 11.2. The second-order valence-corrected chi connectivity index (χ2v) is 4.73. The highest BCUT2D eigenvalue weighted by Crippen LogP contribution is 2.16. The summed E-state index contributed by atoms with van der Waals surface area (Å²) in [7, 11) is 0. The molecule has 3 nitrogen and oxygen atoms in total. The van der Waals surface area contributed by atoms with Crippen LogP contribution in [0.25, 0.3) is 0 Å². The summed E-state index contributed by atoms with van der Waals surface area (Å²) in [5, 5.41) is 0. The molecule has 1 saturated heterocycles. The Morgan fingerprint density at radius 1 is 1.26 bits per heavy atom. The first-order valence-electron chi connectivity index (χ1n) is 6.82. The van der Waals surface area contributed by atoms with Crippen LogP contribution in [0.5, 0.6) is 0 Å². The SMILES string of the molecule is NCC#Cc1ccccc1COCC1CCOCC1. The molecular formula is C16H21NO2. The van der Waals surface area contributed by atoms with Crippen LogP contribution in [0.2, 0.25) is 0 Å². The van der Waals surface area contributed by atoms with Gasteiger partial charge < -0.3 is 15.2 Å². The molecule has 1 heterocycles. The van der Waals surface area contributed by atoms with E-state index in [4.69, 9.17) is 15.2 Å². The van der Waals surface area contributed by atoms with Crippen molar-refractivity contribution in [1.82, 2.24) is 0 Å². The van der Waals surface area contributed by atoms with Crippen molar-refractivity contribution in [2.75, 3.05) is 26.4 Å². The number of hydrogen-bond donors (Lipinski definition) is 1. The van der Waals surface area contributed by atoms with E-state index in [2.05, 4.69) is 17.9 Å². The molecule has 0 spiro atoms. The number of benzene rings is 1. The van der Waals surface area contributed by atoms with Gasteiger partial charge in [-0.05, 0) is 30.4 Å². The highest BCUT2D eigenvalue weighted by molar-refractivity contribution is 5.41. The third kappa shape index (κ3) is 4.68. The van der Waals surface area contributed by atoms with Crippen LogP contribution < -0.4 is 5.73 Å². The molecule has 0 amide bonds. The summed E-state index contributed by atoms with van der Waals surface area (Å²) in [6.45, 7) is 3.55. The summed E-state index contributed by atoms with van der Waals surface area (Å²) in [6.07, 6.45) is 2.21. The molecule has 2 rings (SSSR count). The molecule has 19 heavy (non-hydrogen) atoms. The van der Waals surface area contributed by atoms with Crippen molar-refractivity contribution >= 4 is 0 Å². The van der Waals surface area contributed by atoms with Crippen molar-refractivity contribution in [3.05, 3.63) is 35.4 Å². The molecular weight excluding hydrogens is 238 g/mol. The van der Waals surface area contributed by atoms with Crippen molar-refractivity contribution in [2.24, 2.45) is 11.7 Å². The van der Waals surface area contributed by atoms with Crippen molar-refractivity contribution in [3.63, 3.8) is 0 Å². The van der Waals surface area contributed by atoms with E-state index in [1.807, 2.05) is 18.2 Å². The van der Waals surface area contributed by atoms with Gasteiger partial charge in [-0.1, -0.05) is 30.0 Å². The van der Waals surface area contributed by atoms with E-state index >= 15 is 0 Å². The van der Waals surface area contributed by atoms with Gasteiger partial charge >= 0.3 is 0 Å². The molecule has 0 unspecified atom stereocenters. The van der Waals surface area contributed by atoms with E-state index in [0.29, 0.717) is 19.1 Å². The summed E-state index contributed by atoms with van der Waals surface area (Å²) >= 11 is 0. The molecule has 1 aromatic carbocycles. The van der Waals surface area contributed by atoms with Crippen molar-refractivity contribution in [3.8, 4) is 11.8 Å². The lowest BCUT2D eigenvalue weighted by Crippen LogP contribution is -2.20. The molecule has 1 aliphatic heterocycles. The Kier molecular flexibility index (Phi) is 5.90. The van der Waals surface area contributed by atoms with E-state index < -0.39 is 0 Å². The second-order valence-electron chi connectivity index (χ2n) is 4.73. The van der Waals surface area contributed by atoms with Crippen molar-refractivity contribution < 1.29 is 9.47 Å². The van der Waals surface area contributed by atoms with Crippen molar-refractivity contribution in [2.45, 2.75) is 19.4 Å². The van der Waals surface area contributed by atoms with Gasteiger partial charge in [-0.15, -0.1) is 0 Å². The van der Waals surface area contributed by atoms with Crippen LogP contribution in [0, 0.1) is 17.8 Å². The van der Waals surface area contributed by atoms with Crippen LogP contribution in [0.4, 0.5) is 0 Å². The first kappa shape index (κ1) is 14.1. The Morgan fingerprint density at radius 2 is 2.05 bits per heavy atom. The Labute approximate surface area is 115 Å². The fourth-order valence-corrected chi connectivity index (χ4v) is 2.16. The Morgan fingerprint density at radius 3 is 2.84 bits per heavy atom. The molecule has 0 saturated carbocycles. The van der Waals surface area contributed by atoms with E-state index in [0.717, 1.165) is 43.8 Å². The average molecular weight is 259 g/mol. The van der Waals surface area contributed by atoms with Gasteiger partial charge in [-0.25, -0.2) is 0 Å². The largest absolute Gasteiger partial charge is 0.381 e. The summed E-state index contributed by atoms with van der Waals surface area (Å²) in [5.41, 5.74) is 7.56. The van der Waals surface area contributed by atoms with E-state index in [1.54, 1.807) is 0 Å². The van der Waals surface area contributed by atoms with Crippen LogP contribution in [-0.2, 0) is 16.1 Å². The highest BCUT2D eigenvalue weighted by Gasteiger charge is 2.13. The van der Waals surface area contributed by atoms with Gasteiger partial charge in [0.15, 0.2) is 0 Å². The Bertz CT molecular complexity index is 442. The topological polar surface area (TPSA) is 44.5 Å². The number of nitrogens with two attached hydrogens (primary N) is 1. The van der Waals surface area contributed by atoms with Crippen LogP contribution in [-0.4, -0.2) is 26.4 Å². The van der Waals surface area contributed by atoms with E-state index in [9.17, 15) is 0 Å². The molecule has 0 aliphatic carbocycles. The molecule has 0 radical (unpaired) electrons. The summed E-state index contributed by atoms with van der Waals surface area (Å²) in [4.78, 5) is 0. The minimum atomic E-state index is 0.386. The van der Waals surface area contributed by atoms with Gasteiger partial charge in [0.25, 0.3) is 0 Å². The summed E-state index contributed by atoms with van der Waals surface area (Å²) in [6, 6.07) is 8.07. The minimum absolute atomic E-state index is 0.386. The van der Waals surface area contributed by atoms with Crippen LogP contribution in [0.15, 0.2) is 24.3 Å². The van der Waals surface area contributed by atoms with Gasteiger partial charge in [0.2, 0.25) is 0 Å². The fraction of sp³-hybridized carbons (Fsp3) is 0.500. The smallest absolute Gasteiger partial charge is 0.0729 e. The van der Waals surface area contributed by atoms with E-state index in [1.165, 1.54) is 0 Å². The lowest BCUT2D eigenvalue weighted by Gasteiger charge is -2.21. The van der Waals surface area contributed by atoms with Crippen LogP contribution >= 0.6 is 0 Å². The first-order chi connectivity index (χ1) is 9.40. The minimum Gasteiger partial charge on any atom is -0.381 e. The predicted molar refractivity (Wildman–Crippen MR) is 75.6 cm³/mol. The second kappa shape index (κ2) is 7.96. The zero-order valence-corrected chi connectivity index (χ0v) is 11.2. The predicted octanol–water partition coefficient (Wildman–Crippen LogP) is 1.94. The average Bonchev–Trinajstić information content (AvgIpc) is 2.47. The first-order valence-corrected chi connectivity index (χ1v) is 6.82. The quantitative estimate of drug-likeness (QED) is 0.840. The zero-order chi connectivity index (χ0) is 13.3. The standard InChI is InChI=1S/C16H21NO2/c17-9-3-6-15-4-1-2-5-16(15)13-19-12-14-7-10-18-11-8-14/h1-2,4-5,14H,7-13,17H2. The normalized spacial score (nSPS) is 15.8. The van der Waals surface area contributed by atoms with Gasteiger partial charge in [0.1, 0.15) is 0 Å². The Hall–Kier alpha value is -1.34. The molecule has 1 aliphatic rings. The van der Waals surface area contributed by atoms with Crippen LogP contribution in [0.3, 0.4) is 0 Å². The van der Waals surface area contributed by atoms with Crippen molar-refractivity contribution in [1.29, 1.82) is 0 Å². The highest BCUT2D eigenvalue weighted by atomic mass is 16.5. The molecule has 3 heteroatoms. The molecule has 0 atom stereocenters. The van der Waals surface area contributed by atoms with E-state index in [-0.39, 0.29) is 0 Å². The molecule has 1 fully saturated rings. The van der Waals surface area contributed by atoms with Gasteiger partial charge in [-0.3, -0.25) is 0 Å². The lowest BCUT2D eigenvalue weighted by molar-refractivity contribution is 0.0157. The Balaban J connectivity index is 1.84. The summed E-state index contributed by atoms with van der Waals surface area (Å²) in [5.74, 6) is 6.61. The van der Waals surface area contributed by atoms with Crippen LogP contribution in [0.1, 0.15) is 24.0 Å². The van der Waals surface area contributed by atoms with Gasteiger partial charge in [0.05, 0.1) is 19.8 Å². The third-order valence-electron chi connectivity index (χ3n) is 3.29. The maximum atomic E-state index is 5.83. The molecule has 0 aromatic heterocycles. The third-order valence-corrected chi connectivity index (χ3v) is 3.29. The molecule has 0 bridgehead atoms. The fourth-order valence-electron chi connectivity index (χ4n) is 2.16. The molecule has 2 N–H and O–H groups in total. The monoisotopic (exact) mass is 259 g/mol. The van der Waals surface area contributed by atoms with Gasteiger partial charge in [0, 0.05) is 18.8 Å². The summed E-state index contributed by atoms with van der Waals surface area (Å²) < 4.78 is 11.2. The molecule has 1 aromatic rings. The number of rotatable bonds is 4. The molecule has 102 valence electrons. The maximum absolute atomic E-state index is 5.83. The van der Waals surface area contributed by atoms with Gasteiger partial charge in [-0.2, -0.15) is 0 Å². The maximum Gasteiger partial charge on any atom is 0.0729 e. The lowest BCUT2D eigenvalue weighted by atomic mass is 10.0. The number of hydrogen-bond acceptors (Lipinski definition) is 3.